The standard InChI is InChI=1S/C26H22ClN5OS/c1-2-3-12-23-29-24-21(22-14-19(16-34-22)17-8-5-4-6-9-17)15-28-32(24)26(30-23)31-25(33)18-10-7-11-20(27)13-18/h4-11,13-16H,2-3,12H2,1H3,(H,29,30,31,33). The van der Waals surface area contributed by atoms with Crippen molar-refractivity contribution in [3.05, 3.63) is 88.7 Å². The van der Waals surface area contributed by atoms with Crippen LogP contribution in [0.15, 0.2) is 72.2 Å². The number of halogens is 1. The molecule has 1 amide bonds. The van der Waals surface area contributed by atoms with Crippen molar-refractivity contribution in [1.82, 2.24) is 19.6 Å². The number of carbonyl (C=O) groups is 1. The molecular formula is C26H22ClN5OS. The number of carbonyl (C=O) groups excluding carboxylic acids is 1. The summed E-state index contributed by atoms with van der Waals surface area (Å²) >= 11 is 7.71. The Labute approximate surface area is 206 Å². The summed E-state index contributed by atoms with van der Waals surface area (Å²) in [5, 5.41) is 10.0. The lowest BCUT2D eigenvalue weighted by Gasteiger charge is -2.09. The number of thiophene rings is 1. The van der Waals surface area contributed by atoms with Crippen LogP contribution in [-0.2, 0) is 6.42 Å². The van der Waals surface area contributed by atoms with E-state index >= 15 is 0 Å². The first-order valence-electron chi connectivity index (χ1n) is 11.1. The fraction of sp³-hybridized carbons (Fsp3) is 0.154. The Morgan fingerprint density at radius 1 is 1.06 bits per heavy atom. The summed E-state index contributed by atoms with van der Waals surface area (Å²) < 4.78 is 1.59. The van der Waals surface area contributed by atoms with Crippen LogP contribution in [0.4, 0.5) is 5.95 Å². The zero-order valence-electron chi connectivity index (χ0n) is 18.5. The van der Waals surface area contributed by atoms with Crippen LogP contribution < -0.4 is 5.32 Å². The van der Waals surface area contributed by atoms with E-state index in [1.54, 1.807) is 46.3 Å². The molecule has 3 heterocycles. The molecule has 0 saturated carbocycles. The number of nitrogens with zero attached hydrogens (tertiary/aromatic N) is 4. The molecule has 3 aromatic heterocycles. The first-order valence-corrected chi connectivity index (χ1v) is 12.3. The number of amides is 1. The van der Waals surface area contributed by atoms with Crippen LogP contribution in [0.3, 0.4) is 0 Å². The Bertz CT molecular complexity index is 1460. The van der Waals surface area contributed by atoms with E-state index < -0.39 is 0 Å². The Hall–Kier alpha value is -3.55. The molecule has 0 bridgehead atoms. The molecule has 0 unspecified atom stereocenters. The molecule has 0 radical (unpaired) electrons. The second kappa shape index (κ2) is 9.75. The van der Waals surface area contributed by atoms with Gasteiger partial charge in [0.05, 0.1) is 11.8 Å². The lowest BCUT2D eigenvalue weighted by Crippen LogP contribution is -2.17. The summed E-state index contributed by atoms with van der Waals surface area (Å²) in [5.41, 5.74) is 4.34. The highest BCUT2D eigenvalue weighted by Gasteiger charge is 2.18. The van der Waals surface area contributed by atoms with Gasteiger partial charge in [-0.05, 0) is 47.2 Å². The smallest absolute Gasteiger partial charge is 0.258 e. The molecule has 170 valence electrons. The molecule has 2 aromatic carbocycles. The largest absolute Gasteiger partial charge is 0.290 e. The molecule has 8 heteroatoms. The summed E-state index contributed by atoms with van der Waals surface area (Å²) in [6.07, 6.45) is 4.48. The first kappa shape index (κ1) is 22.3. The number of nitrogens with one attached hydrogen (secondary N) is 1. The third kappa shape index (κ3) is 4.58. The van der Waals surface area contributed by atoms with Crippen molar-refractivity contribution in [3.63, 3.8) is 0 Å². The maximum atomic E-state index is 12.9. The van der Waals surface area contributed by atoms with E-state index in [0.29, 0.717) is 28.0 Å². The van der Waals surface area contributed by atoms with Gasteiger partial charge in [0, 0.05) is 21.9 Å². The van der Waals surface area contributed by atoms with Crippen molar-refractivity contribution in [3.8, 4) is 21.6 Å². The number of fused-ring (bicyclic) bond motifs is 1. The predicted molar refractivity (Wildman–Crippen MR) is 138 cm³/mol. The van der Waals surface area contributed by atoms with E-state index in [0.717, 1.165) is 40.8 Å². The Balaban J connectivity index is 1.55. The highest BCUT2D eigenvalue weighted by molar-refractivity contribution is 7.14. The SMILES string of the molecule is CCCCc1nc(NC(=O)c2cccc(Cl)c2)n2ncc(-c3cc(-c4ccccc4)cs3)c2n1. The van der Waals surface area contributed by atoms with Gasteiger partial charge in [0.15, 0.2) is 5.65 Å². The number of aromatic nitrogens is 4. The molecule has 34 heavy (non-hydrogen) atoms. The van der Waals surface area contributed by atoms with Crippen molar-refractivity contribution in [2.75, 3.05) is 5.32 Å². The van der Waals surface area contributed by atoms with Gasteiger partial charge in [0.1, 0.15) is 5.82 Å². The van der Waals surface area contributed by atoms with Crippen molar-refractivity contribution >= 4 is 40.4 Å². The molecule has 0 aliphatic rings. The van der Waals surface area contributed by atoms with Gasteiger partial charge in [-0.2, -0.15) is 14.6 Å². The third-order valence-electron chi connectivity index (χ3n) is 5.45. The molecule has 0 spiro atoms. The van der Waals surface area contributed by atoms with Gasteiger partial charge in [-0.15, -0.1) is 11.3 Å². The summed E-state index contributed by atoms with van der Waals surface area (Å²) in [5.74, 6) is 0.716. The van der Waals surface area contributed by atoms with Crippen LogP contribution in [0.25, 0.3) is 27.2 Å². The van der Waals surface area contributed by atoms with Gasteiger partial charge in [-0.1, -0.05) is 61.3 Å². The topological polar surface area (TPSA) is 72.2 Å². The van der Waals surface area contributed by atoms with E-state index in [9.17, 15) is 4.79 Å². The molecule has 0 atom stereocenters. The molecule has 5 rings (SSSR count). The zero-order chi connectivity index (χ0) is 23.5. The molecule has 0 aliphatic carbocycles. The average Bonchev–Trinajstić information content (AvgIpc) is 3.51. The summed E-state index contributed by atoms with van der Waals surface area (Å²) in [6.45, 7) is 2.13. The maximum Gasteiger partial charge on any atom is 0.258 e. The highest BCUT2D eigenvalue weighted by Crippen LogP contribution is 2.34. The van der Waals surface area contributed by atoms with Crippen molar-refractivity contribution < 1.29 is 4.79 Å². The molecule has 5 aromatic rings. The number of hydrogen-bond donors (Lipinski definition) is 1. The summed E-state index contributed by atoms with van der Waals surface area (Å²) in [7, 11) is 0. The quantitative estimate of drug-likeness (QED) is 0.275. The molecule has 6 nitrogen and oxygen atoms in total. The Morgan fingerprint density at radius 2 is 1.91 bits per heavy atom. The highest BCUT2D eigenvalue weighted by atomic mass is 35.5. The van der Waals surface area contributed by atoms with Crippen LogP contribution >= 0.6 is 22.9 Å². The minimum absolute atomic E-state index is 0.302. The van der Waals surface area contributed by atoms with E-state index in [4.69, 9.17) is 16.6 Å². The fourth-order valence-electron chi connectivity index (χ4n) is 3.69. The summed E-state index contributed by atoms with van der Waals surface area (Å²) in [6, 6.07) is 19.2. The van der Waals surface area contributed by atoms with E-state index in [-0.39, 0.29) is 5.91 Å². The normalized spacial score (nSPS) is 11.1. The van der Waals surface area contributed by atoms with Crippen LogP contribution in [0.2, 0.25) is 5.02 Å². The number of rotatable bonds is 7. The lowest BCUT2D eigenvalue weighted by molar-refractivity contribution is 0.102. The lowest BCUT2D eigenvalue weighted by atomic mass is 10.1. The van der Waals surface area contributed by atoms with Crippen LogP contribution in [0.1, 0.15) is 35.9 Å². The summed E-state index contributed by atoms with van der Waals surface area (Å²) in [4.78, 5) is 23.4. The van der Waals surface area contributed by atoms with Crippen LogP contribution in [0, 0.1) is 0 Å². The van der Waals surface area contributed by atoms with Crippen molar-refractivity contribution in [2.45, 2.75) is 26.2 Å². The fourth-order valence-corrected chi connectivity index (χ4v) is 4.80. The van der Waals surface area contributed by atoms with Crippen LogP contribution in [0.5, 0.6) is 0 Å². The minimum atomic E-state index is -0.302. The van der Waals surface area contributed by atoms with Crippen molar-refractivity contribution in [2.24, 2.45) is 0 Å². The Kier molecular flexibility index (Phi) is 6.38. The number of anilines is 1. The predicted octanol–water partition coefficient (Wildman–Crippen LogP) is 6.77. The molecular weight excluding hydrogens is 466 g/mol. The van der Waals surface area contributed by atoms with Gasteiger partial charge >= 0.3 is 0 Å². The van der Waals surface area contributed by atoms with Gasteiger partial charge in [0.2, 0.25) is 5.95 Å². The van der Waals surface area contributed by atoms with Crippen LogP contribution in [-0.4, -0.2) is 25.5 Å². The molecule has 1 N–H and O–H groups in total. The monoisotopic (exact) mass is 487 g/mol. The number of benzene rings is 2. The van der Waals surface area contributed by atoms with Gasteiger partial charge < -0.3 is 0 Å². The van der Waals surface area contributed by atoms with Gasteiger partial charge in [-0.25, -0.2) is 4.98 Å². The minimum Gasteiger partial charge on any atom is -0.290 e. The van der Waals surface area contributed by atoms with Gasteiger partial charge in [0.25, 0.3) is 5.91 Å². The average molecular weight is 488 g/mol. The van der Waals surface area contributed by atoms with Gasteiger partial charge in [-0.3, -0.25) is 10.1 Å². The molecule has 0 aliphatic heterocycles. The zero-order valence-corrected chi connectivity index (χ0v) is 20.1. The maximum absolute atomic E-state index is 12.9. The number of aryl methyl sites for hydroxylation is 1. The number of unbranched alkanes of at least 4 members (excludes halogenated alkanes) is 1. The van der Waals surface area contributed by atoms with E-state index in [2.05, 4.69) is 45.9 Å². The second-order valence-electron chi connectivity index (χ2n) is 7.89. The second-order valence-corrected chi connectivity index (χ2v) is 9.24. The molecule has 0 fully saturated rings. The third-order valence-corrected chi connectivity index (χ3v) is 6.65. The Morgan fingerprint density at radius 3 is 2.71 bits per heavy atom. The molecule has 0 saturated heterocycles. The van der Waals surface area contributed by atoms with E-state index in [1.807, 2.05) is 18.2 Å². The van der Waals surface area contributed by atoms with Crippen molar-refractivity contribution in [1.29, 1.82) is 0 Å². The first-order chi connectivity index (χ1) is 16.6. The number of hydrogen-bond acceptors (Lipinski definition) is 5. The van der Waals surface area contributed by atoms with E-state index in [1.165, 1.54) is 0 Å².